The Morgan fingerprint density at radius 3 is 2.24 bits per heavy atom. The predicted molar refractivity (Wildman–Crippen MR) is 71.5 cm³/mol. The molecule has 1 nitrogen and oxygen atoms in total. The molecule has 0 bridgehead atoms. The lowest BCUT2D eigenvalue weighted by Gasteiger charge is -2.37. The van der Waals surface area contributed by atoms with Crippen molar-refractivity contribution in [1.29, 1.82) is 0 Å². The zero-order valence-corrected chi connectivity index (χ0v) is 11.0. The van der Waals surface area contributed by atoms with Crippen LogP contribution in [0.15, 0.2) is 36.4 Å². The van der Waals surface area contributed by atoms with Crippen LogP contribution < -0.4 is 0 Å². The van der Waals surface area contributed by atoms with Gasteiger partial charge in [0.2, 0.25) is 0 Å². The molecule has 0 fully saturated rings. The Morgan fingerprint density at radius 1 is 1.06 bits per heavy atom. The van der Waals surface area contributed by atoms with E-state index in [1.54, 1.807) is 0 Å². The molecule has 1 aliphatic rings. The van der Waals surface area contributed by atoms with E-state index >= 15 is 0 Å². The average molecular weight is 228 g/mol. The molecule has 0 spiro atoms. The van der Waals surface area contributed by atoms with Crippen molar-refractivity contribution in [2.24, 2.45) is 17.3 Å². The van der Waals surface area contributed by atoms with Gasteiger partial charge in [-0.05, 0) is 30.9 Å². The summed E-state index contributed by atoms with van der Waals surface area (Å²) in [6.07, 6.45) is 2.27. The van der Waals surface area contributed by atoms with E-state index in [1.807, 2.05) is 39.0 Å². The maximum absolute atomic E-state index is 12.4. The number of hydrogen-bond acceptors (Lipinski definition) is 1. The third-order valence-corrected chi connectivity index (χ3v) is 4.01. The molecule has 90 valence electrons. The highest BCUT2D eigenvalue weighted by Gasteiger charge is 2.40. The van der Waals surface area contributed by atoms with E-state index < -0.39 is 0 Å². The number of hydrogen-bond donors (Lipinski definition) is 0. The maximum Gasteiger partial charge on any atom is 0.146 e. The molecular formula is C16H20O. The lowest BCUT2D eigenvalue weighted by molar-refractivity contribution is -0.129. The Labute approximate surface area is 104 Å². The summed E-state index contributed by atoms with van der Waals surface area (Å²) in [5.74, 6) is 0.801. The number of carbonyl (C=O) groups is 1. The van der Waals surface area contributed by atoms with Gasteiger partial charge in [0.1, 0.15) is 5.78 Å². The van der Waals surface area contributed by atoms with Gasteiger partial charge < -0.3 is 0 Å². The topological polar surface area (TPSA) is 17.1 Å². The molecule has 1 aromatic rings. The highest BCUT2D eigenvalue weighted by atomic mass is 16.1. The van der Waals surface area contributed by atoms with E-state index in [0.29, 0.717) is 11.7 Å². The van der Waals surface area contributed by atoms with Crippen molar-refractivity contribution < 1.29 is 4.79 Å². The number of ketones is 1. The van der Waals surface area contributed by atoms with Crippen molar-refractivity contribution in [2.45, 2.75) is 27.7 Å². The standard InChI is InChI=1S/C16H20O/c1-11-10-14(13-8-6-5-7-9-13)16(3,4)15(17)12(11)2/h5-12H,1-4H3/t11-,12-/m1/s1. The van der Waals surface area contributed by atoms with Crippen LogP contribution in [0.4, 0.5) is 0 Å². The summed E-state index contributed by atoms with van der Waals surface area (Å²) in [5.41, 5.74) is 1.98. The summed E-state index contributed by atoms with van der Waals surface area (Å²) in [6, 6.07) is 10.2. The second-order valence-electron chi connectivity index (χ2n) is 5.58. The first kappa shape index (κ1) is 12.1. The zero-order chi connectivity index (χ0) is 12.6. The fraction of sp³-hybridized carbons (Fsp3) is 0.438. The quantitative estimate of drug-likeness (QED) is 0.711. The molecule has 1 heteroatoms. The van der Waals surface area contributed by atoms with E-state index in [-0.39, 0.29) is 11.3 Å². The Bertz CT molecular complexity index is 454. The van der Waals surface area contributed by atoms with Crippen LogP contribution in [0.1, 0.15) is 33.3 Å². The minimum absolute atomic E-state index is 0.123. The molecular weight excluding hydrogens is 208 g/mol. The minimum atomic E-state index is -0.368. The number of benzene rings is 1. The molecule has 17 heavy (non-hydrogen) atoms. The minimum Gasteiger partial charge on any atom is -0.298 e. The summed E-state index contributed by atoms with van der Waals surface area (Å²) >= 11 is 0. The third-order valence-electron chi connectivity index (χ3n) is 4.01. The summed E-state index contributed by atoms with van der Waals surface area (Å²) in [5, 5.41) is 0. The van der Waals surface area contributed by atoms with E-state index in [9.17, 15) is 4.79 Å². The average Bonchev–Trinajstić information content (AvgIpc) is 2.33. The molecule has 1 aliphatic carbocycles. The number of rotatable bonds is 1. The molecule has 2 rings (SSSR count). The smallest absolute Gasteiger partial charge is 0.146 e. The van der Waals surface area contributed by atoms with Crippen LogP contribution in [0.5, 0.6) is 0 Å². The second-order valence-corrected chi connectivity index (χ2v) is 5.58. The number of Topliss-reactive ketones (excluding diaryl/α,β-unsaturated/α-hetero) is 1. The number of carbonyl (C=O) groups excluding carboxylic acids is 1. The van der Waals surface area contributed by atoms with Gasteiger partial charge in [0.25, 0.3) is 0 Å². The van der Waals surface area contributed by atoms with E-state index in [1.165, 1.54) is 11.1 Å². The van der Waals surface area contributed by atoms with Gasteiger partial charge in [-0.15, -0.1) is 0 Å². The highest BCUT2D eigenvalue weighted by molar-refractivity contribution is 6.00. The van der Waals surface area contributed by atoms with Crippen LogP contribution in [0, 0.1) is 17.3 Å². The monoisotopic (exact) mass is 228 g/mol. The maximum atomic E-state index is 12.4. The molecule has 0 aromatic heterocycles. The van der Waals surface area contributed by atoms with Crippen molar-refractivity contribution in [1.82, 2.24) is 0 Å². The Hall–Kier alpha value is -1.37. The molecule has 0 N–H and O–H groups in total. The van der Waals surface area contributed by atoms with Crippen molar-refractivity contribution in [3.05, 3.63) is 42.0 Å². The van der Waals surface area contributed by atoms with E-state index in [4.69, 9.17) is 0 Å². The first-order valence-corrected chi connectivity index (χ1v) is 6.26. The Morgan fingerprint density at radius 2 is 1.65 bits per heavy atom. The molecule has 0 aliphatic heterocycles. The van der Waals surface area contributed by atoms with Gasteiger partial charge in [-0.1, -0.05) is 50.3 Å². The zero-order valence-electron chi connectivity index (χ0n) is 11.0. The van der Waals surface area contributed by atoms with Crippen molar-refractivity contribution in [3.63, 3.8) is 0 Å². The molecule has 0 unspecified atom stereocenters. The van der Waals surface area contributed by atoms with Gasteiger partial charge in [-0.25, -0.2) is 0 Å². The first-order chi connectivity index (χ1) is 7.94. The predicted octanol–water partition coefficient (Wildman–Crippen LogP) is 3.95. The van der Waals surface area contributed by atoms with Gasteiger partial charge in [-0.3, -0.25) is 4.79 Å². The molecule has 0 saturated heterocycles. The van der Waals surface area contributed by atoms with Crippen molar-refractivity contribution in [3.8, 4) is 0 Å². The van der Waals surface area contributed by atoms with Gasteiger partial charge in [-0.2, -0.15) is 0 Å². The van der Waals surface area contributed by atoms with Crippen LogP contribution in [0.25, 0.3) is 5.57 Å². The summed E-state index contributed by atoms with van der Waals surface area (Å²) in [7, 11) is 0. The fourth-order valence-corrected chi connectivity index (χ4v) is 2.63. The van der Waals surface area contributed by atoms with Crippen molar-refractivity contribution >= 4 is 11.4 Å². The normalized spacial score (nSPS) is 27.8. The summed E-state index contributed by atoms with van der Waals surface area (Å²) in [6.45, 7) is 8.24. The highest BCUT2D eigenvalue weighted by Crippen LogP contribution is 2.43. The SMILES string of the molecule is C[C@@H]1C=C(c2ccccc2)C(C)(C)C(=O)[C@@H]1C. The summed E-state index contributed by atoms with van der Waals surface area (Å²) in [4.78, 5) is 12.4. The lowest BCUT2D eigenvalue weighted by Crippen LogP contribution is -2.37. The third kappa shape index (κ3) is 1.95. The van der Waals surface area contributed by atoms with E-state index in [2.05, 4.69) is 25.1 Å². The lowest BCUT2D eigenvalue weighted by atomic mass is 9.65. The molecule has 0 saturated carbocycles. The van der Waals surface area contributed by atoms with Crippen LogP contribution in [-0.4, -0.2) is 5.78 Å². The van der Waals surface area contributed by atoms with Gasteiger partial charge in [0.05, 0.1) is 0 Å². The molecule has 2 atom stereocenters. The Kier molecular flexibility index (Phi) is 2.94. The Balaban J connectivity index is 2.53. The van der Waals surface area contributed by atoms with Crippen LogP contribution >= 0.6 is 0 Å². The number of allylic oxidation sites excluding steroid dienone is 2. The first-order valence-electron chi connectivity index (χ1n) is 6.26. The second kappa shape index (κ2) is 4.14. The van der Waals surface area contributed by atoms with Gasteiger partial charge >= 0.3 is 0 Å². The molecule has 0 heterocycles. The van der Waals surface area contributed by atoms with Crippen LogP contribution in [0.2, 0.25) is 0 Å². The van der Waals surface area contributed by atoms with Crippen LogP contribution in [0.3, 0.4) is 0 Å². The van der Waals surface area contributed by atoms with Crippen molar-refractivity contribution in [2.75, 3.05) is 0 Å². The van der Waals surface area contributed by atoms with Gasteiger partial charge in [0, 0.05) is 11.3 Å². The molecule has 0 radical (unpaired) electrons. The van der Waals surface area contributed by atoms with E-state index in [0.717, 1.165) is 0 Å². The summed E-state index contributed by atoms with van der Waals surface area (Å²) < 4.78 is 0. The molecule has 0 amide bonds. The largest absolute Gasteiger partial charge is 0.298 e. The van der Waals surface area contributed by atoms with Gasteiger partial charge in [0.15, 0.2) is 0 Å². The van der Waals surface area contributed by atoms with Crippen LogP contribution in [-0.2, 0) is 4.79 Å². The fourth-order valence-electron chi connectivity index (χ4n) is 2.63. The molecule has 1 aromatic carbocycles.